The van der Waals surface area contributed by atoms with E-state index < -0.39 is 0 Å². The maximum atomic E-state index is 5.46. The first-order valence-corrected chi connectivity index (χ1v) is 4.56. The molecule has 0 aliphatic heterocycles. The largest absolute Gasteiger partial charge is 0.441 e. The van der Waals surface area contributed by atoms with Crippen LogP contribution in [0, 0.1) is 6.92 Å². The Kier molecular flexibility index (Phi) is 2.05. The molecule has 2 nitrogen and oxygen atoms in total. The molecular weight excluding hydrogens is 162 g/mol. The molecule has 68 valence electrons. The van der Waals surface area contributed by atoms with Gasteiger partial charge in [-0.3, -0.25) is 0 Å². The molecule has 0 aromatic carbocycles. The van der Waals surface area contributed by atoms with Gasteiger partial charge in [0, 0.05) is 6.92 Å². The van der Waals surface area contributed by atoms with E-state index in [1.54, 1.807) is 6.20 Å². The molecule has 1 aromatic rings. The van der Waals surface area contributed by atoms with Crippen molar-refractivity contribution in [3.8, 4) is 0 Å². The molecule has 0 unspecified atom stereocenters. The van der Waals surface area contributed by atoms with Gasteiger partial charge in [-0.05, 0) is 25.3 Å². The molecule has 1 aliphatic carbocycles. The van der Waals surface area contributed by atoms with E-state index >= 15 is 0 Å². The smallest absolute Gasteiger partial charge is 0.191 e. The Morgan fingerprint density at radius 2 is 2.23 bits per heavy atom. The molecular formula is C11H13NO. The number of oxazole rings is 1. The van der Waals surface area contributed by atoms with Crippen molar-refractivity contribution in [1.29, 1.82) is 0 Å². The van der Waals surface area contributed by atoms with Crippen LogP contribution in [0.5, 0.6) is 0 Å². The minimum absolute atomic E-state index is 0.739. The fourth-order valence-electron chi connectivity index (χ4n) is 1.57. The van der Waals surface area contributed by atoms with Crippen LogP contribution in [0.3, 0.4) is 0 Å². The lowest BCUT2D eigenvalue weighted by Gasteiger charge is -2.08. The normalized spacial score (nSPS) is 16.8. The number of hydrogen-bond donors (Lipinski definition) is 0. The standard InChI is InChI=1S/C11H13NO/c1-8-4-3-5-10(6-8)11-7-12-9(2)13-11/h4,6-7H,3,5H2,1-2H3. The Hall–Kier alpha value is -1.31. The molecule has 2 heteroatoms. The van der Waals surface area contributed by atoms with E-state index in [9.17, 15) is 0 Å². The average Bonchev–Trinajstić information content (AvgIpc) is 2.52. The topological polar surface area (TPSA) is 26.0 Å². The summed E-state index contributed by atoms with van der Waals surface area (Å²) in [6, 6.07) is 0. The molecule has 1 aliphatic rings. The van der Waals surface area contributed by atoms with Gasteiger partial charge < -0.3 is 4.42 Å². The van der Waals surface area contributed by atoms with E-state index in [1.807, 2.05) is 6.92 Å². The highest BCUT2D eigenvalue weighted by molar-refractivity contribution is 5.65. The molecule has 1 heterocycles. The van der Waals surface area contributed by atoms with Gasteiger partial charge in [0.1, 0.15) is 0 Å². The maximum absolute atomic E-state index is 5.46. The lowest BCUT2D eigenvalue weighted by Crippen LogP contribution is -1.88. The third-order valence-electron chi connectivity index (χ3n) is 2.22. The average molecular weight is 175 g/mol. The van der Waals surface area contributed by atoms with Crippen molar-refractivity contribution in [3.05, 3.63) is 35.6 Å². The van der Waals surface area contributed by atoms with Crippen LogP contribution in [-0.4, -0.2) is 4.98 Å². The zero-order valence-electron chi connectivity index (χ0n) is 8.00. The summed E-state index contributed by atoms with van der Waals surface area (Å²) in [5, 5.41) is 0. The lowest BCUT2D eigenvalue weighted by atomic mass is 9.99. The number of hydrogen-bond acceptors (Lipinski definition) is 2. The Morgan fingerprint density at radius 1 is 1.38 bits per heavy atom. The van der Waals surface area contributed by atoms with Crippen molar-refractivity contribution in [3.63, 3.8) is 0 Å². The van der Waals surface area contributed by atoms with Gasteiger partial charge in [0.05, 0.1) is 6.20 Å². The molecule has 0 fully saturated rings. The summed E-state index contributed by atoms with van der Waals surface area (Å²) in [6.45, 7) is 3.98. The van der Waals surface area contributed by atoms with Gasteiger partial charge in [0.25, 0.3) is 0 Å². The summed E-state index contributed by atoms with van der Waals surface area (Å²) in [4.78, 5) is 4.09. The van der Waals surface area contributed by atoms with Crippen molar-refractivity contribution in [1.82, 2.24) is 4.98 Å². The van der Waals surface area contributed by atoms with E-state index in [0.717, 1.165) is 24.5 Å². The van der Waals surface area contributed by atoms with Crippen LogP contribution in [0.1, 0.15) is 31.4 Å². The Labute approximate surface area is 78.0 Å². The molecule has 0 bridgehead atoms. The zero-order valence-corrected chi connectivity index (χ0v) is 8.00. The van der Waals surface area contributed by atoms with Crippen LogP contribution in [-0.2, 0) is 0 Å². The maximum Gasteiger partial charge on any atom is 0.191 e. The lowest BCUT2D eigenvalue weighted by molar-refractivity contribution is 0.507. The molecule has 0 saturated carbocycles. The van der Waals surface area contributed by atoms with E-state index in [0.29, 0.717) is 0 Å². The molecule has 2 rings (SSSR count). The molecule has 0 saturated heterocycles. The number of rotatable bonds is 1. The van der Waals surface area contributed by atoms with Gasteiger partial charge in [0.15, 0.2) is 11.7 Å². The van der Waals surface area contributed by atoms with Crippen molar-refractivity contribution in [2.45, 2.75) is 26.7 Å². The van der Waals surface area contributed by atoms with Crippen molar-refractivity contribution in [2.75, 3.05) is 0 Å². The van der Waals surface area contributed by atoms with Crippen LogP contribution in [0.2, 0.25) is 0 Å². The van der Waals surface area contributed by atoms with E-state index in [1.165, 1.54) is 11.1 Å². The van der Waals surface area contributed by atoms with Gasteiger partial charge in [-0.25, -0.2) is 4.98 Å². The first kappa shape index (κ1) is 8.30. The van der Waals surface area contributed by atoms with Gasteiger partial charge in [-0.15, -0.1) is 0 Å². The van der Waals surface area contributed by atoms with Crippen LogP contribution in [0.15, 0.2) is 28.3 Å². The predicted molar refractivity (Wildman–Crippen MR) is 52.2 cm³/mol. The van der Waals surface area contributed by atoms with Gasteiger partial charge >= 0.3 is 0 Å². The first-order valence-electron chi connectivity index (χ1n) is 4.56. The second kappa shape index (κ2) is 3.21. The van der Waals surface area contributed by atoms with Gasteiger partial charge in [-0.2, -0.15) is 0 Å². The van der Waals surface area contributed by atoms with Gasteiger partial charge in [0.2, 0.25) is 0 Å². The summed E-state index contributed by atoms with van der Waals surface area (Å²) in [5.74, 6) is 1.66. The van der Waals surface area contributed by atoms with E-state index in [4.69, 9.17) is 4.42 Å². The Morgan fingerprint density at radius 3 is 2.85 bits per heavy atom. The number of aryl methyl sites for hydroxylation is 1. The quantitative estimate of drug-likeness (QED) is 0.655. The second-order valence-corrected chi connectivity index (χ2v) is 3.40. The molecule has 0 radical (unpaired) electrons. The summed E-state index contributed by atoms with van der Waals surface area (Å²) < 4.78 is 5.46. The summed E-state index contributed by atoms with van der Waals surface area (Å²) in [6.07, 6.45) is 8.39. The molecule has 0 atom stereocenters. The number of aromatic nitrogens is 1. The molecule has 0 amide bonds. The minimum Gasteiger partial charge on any atom is -0.441 e. The SMILES string of the molecule is CC1=CCCC(c2cnc(C)o2)=C1. The summed E-state index contributed by atoms with van der Waals surface area (Å²) >= 11 is 0. The molecule has 1 aromatic heterocycles. The Balaban J connectivity index is 2.31. The summed E-state index contributed by atoms with van der Waals surface area (Å²) in [5.41, 5.74) is 2.58. The monoisotopic (exact) mass is 175 g/mol. The van der Waals surface area contributed by atoms with Crippen molar-refractivity contribution >= 4 is 5.57 Å². The number of nitrogens with zero attached hydrogens (tertiary/aromatic N) is 1. The van der Waals surface area contributed by atoms with E-state index in [2.05, 4.69) is 24.1 Å². The third kappa shape index (κ3) is 1.72. The minimum atomic E-state index is 0.739. The van der Waals surface area contributed by atoms with Crippen LogP contribution in [0.4, 0.5) is 0 Å². The van der Waals surface area contributed by atoms with E-state index in [-0.39, 0.29) is 0 Å². The number of allylic oxidation sites excluding steroid dienone is 4. The Bertz CT molecular complexity index is 371. The highest BCUT2D eigenvalue weighted by Crippen LogP contribution is 2.26. The molecule has 13 heavy (non-hydrogen) atoms. The molecule has 0 N–H and O–H groups in total. The van der Waals surface area contributed by atoms with Crippen LogP contribution >= 0.6 is 0 Å². The fraction of sp³-hybridized carbons (Fsp3) is 0.364. The fourth-order valence-corrected chi connectivity index (χ4v) is 1.57. The van der Waals surface area contributed by atoms with Crippen molar-refractivity contribution < 1.29 is 4.42 Å². The molecule has 0 spiro atoms. The zero-order chi connectivity index (χ0) is 9.26. The first-order chi connectivity index (χ1) is 6.25. The highest BCUT2D eigenvalue weighted by Gasteiger charge is 2.09. The van der Waals surface area contributed by atoms with Crippen molar-refractivity contribution in [2.24, 2.45) is 0 Å². The third-order valence-corrected chi connectivity index (χ3v) is 2.22. The van der Waals surface area contributed by atoms with Crippen LogP contribution in [0.25, 0.3) is 5.57 Å². The second-order valence-electron chi connectivity index (χ2n) is 3.40. The predicted octanol–water partition coefficient (Wildman–Crippen LogP) is 3.11. The van der Waals surface area contributed by atoms with Gasteiger partial charge in [-0.1, -0.05) is 17.7 Å². The summed E-state index contributed by atoms with van der Waals surface area (Å²) in [7, 11) is 0. The van der Waals surface area contributed by atoms with Crippen LogP contribution < -0.4 is 0 Å². The highest BCUT2D eigenvalue weighted by atomic mass is 16.4.